The minimum absolute atomic E-state index is 0. The van der Waals surface area contributed by atoms with Crippen LogP contribution in [0.1, 0.15) is 51.9 Å². The summed E-state index contributed by atoms with van der Waals surface area (Å²) in [5, 5.41) is 2.93. The van der Waals surface area contributed by atoms with Gasteiger partial charge in [0.15, 0.2) is 0 Å². The minimum Gasteiger partial charge on any atom is -0.355 e. The van der Waals surface area contributed by atoms with Gasteiger partial charge in [-0.25, -0.2) is 0 Å². The van der Waals surface area contributed by atoms with Gasteiger partial charge in [0.25, 0.3) is 0 Å². The fraction of sp³-hybridized carbons (Fsp3) is 0.917. The summed E-state index contributed by atoms with van der Waals surface area (Å²) in [5.74, 6) is 0.863. The molecule has 0 aliphatic heterocycles. The van der Waals surface area contributed by atoms with Gasteiger partial charge in [0.2, 0.25) is 5.91 Å². The normalized spacial score (nSPS) is 17.9. The molecule has 0 bridgehead atoms. The molecular formula is C12H25ClN2O. The average Bonchev–Trinajstić information content (AvgIpc) is 2.71. The van der Waals surface area contributed by atoms with Crippen LogP contribution in [0.2, 0.25) is 0 Å². The lowest BCUT2D eigenvalue weighted by atomic mass is 10.0. The Labute approximate surface area is 105 Å². The largest absolute Gasteiger partial charge is 0.355 e. The summed E-state index contributed by atoms with van der Waals surface area (Å²) in [6, 6.07) is -0.307. The van der Waals surface area contributed by atoms with Crippen molar-refractivity contribution in [2.45, 2.75) is 57.9 Å². The maximum atomic E-state index is 11.5. The zero-order chi connectivity index (χ0) is 11.1. The monoisotopic (exact) mass is 248 g/mol. The van der Waals surface area contributed by atoms with Crippen LogP contribution in [0, 0.1) is 5.92 Å². The Kier molecular flexibility index (Phi) is 8.67. The van der Waals surface area contributed by atoms with E-state index in [0.717, 1.165) is 31.7 Å². The Morgan fingerprint density at radius 2 is 2.06 bits per heavy atom. The van der Waals surface area contributed by atoms with E-state index in [4.69, 9.17) is 5.73 Å². The molecule has 0 aromatic rings. The Bertz CT molecular complexity index is 193. The van der Waals surface area contributed by atoms with Crippen LogP contribution in [-0.2, 0) is 4.79 Å². The number of carbonyl (C=O) groups is 1. The second kappa shape index (κ2) is 8.82. The summed E-state index contributed by atoms with van der Waals surface area (Å²) in [4.78, 5) is 11.5. The SMILES string of the molecule is CCCC(N)C(=O)NCCC1CCCC1.Cl. The molecule has 96 valence electrons. The second-order valence-electron chi connectivity index (χ2n) is 4.63. The zero-order valence-corrected chi connectivity index (χ0v) is 11.0. The lowest BCUT2D eigenvalue weighted by Gasteiger charge is -2.13. The van der Waals surface area contributed by atoms with Gasteiger partial charge in [-0.3, -0.25) is 4.79 Å². The standard InChI is InChI=1S/C12H24N2O.ClH/c1-2-5-11(13)12(15)14-9-8-10-6-3-4-7-10;/h10-11H,2-9,13H2,1H3,(H,14,15);1H. The number of carbonyl (C=O) groups excluding carboxylic acids is 1. The van der Waals surface area contributed by atoms with E-state index in [-0.39, 0.29) is 24.4 Å². The summed E-state index contributed by atoms with van der Waals surface area (Å²) in [6.07, 6.45) is 8.31. The number of amides is 1. The topological polar surface area (TPSA) is 55.1 Å². The van der Waals surface area contributed by atoms with Gasteiger partial charge in [-0.05, 0) is 18.8 Å². The maximum absolute atomic E-state index is 11.5. The molecule has 0 aromatic heterocycles. The first-order valence-electron chi connectivity index (χ1n) is 6.27. The molecule has 1 aliphatic carbocycles. The van der Waals surface area contributed by atoms with Gasteiger partial charge in [-0.1, -0.05) is 39.0 Å². The molecule has 4 heteroatoms. The van der Waals surface area contributed by atoms with Gasteiger partial charge in [-0.2, -0.15) is 0 Å². The van der Waals surface area contributed by atoms with Crippen LogP contribution in [0.4, 0.5) is 0 Å². The van der Waals surface area contributed by atoms with Gasteiger partial charge < -0.3 is 11.1 Å². The van der Waals surface area contributed by atoms with Crippen LogP contribution >= 0.6 is 12.4 Å². The predicted octanol–water partition coefficient (Wildman–Crippen LogP) is 2.23. The van der Waals surface area contributed by atoms with Crippen LogP contribution in [-0.4, -0.2) is 18.5 Å². The van der Waals surface area contributed by atoms with Crippen LogP contribution in [0.15, 0.2) is 0 Å². The van der Waals surface area contributed by atoms with Crippen molar-refractivity contribution in [2.75, 3.05) is 6.54 Å². The molecule has 3 N–H and O–H groups in total. The average molecular weight is 249 g/mol. The highest BCUT2D eigenvalue weighted by Crippen LogP contribution is 2.26. The highest BCUT2D eigenvalue weighted by atomic mass is 35.5. The van der Waals surface area contributed by atoms with Crippen LogP contribution in [0.25, 0.3) is 0 Å². The molecule has 0 radical (unpaired) electrons. The fourth-order valence-corrected chi connectivity index (χ4v) is 2.27. The van der Waals surface area contributed by atoms with E-state index < -0.39 is 0 Å². The lowest BCUT2D eigenvalue weighted by Crippen LogP contribution is -2.41. The van der Waals surface area contributed by atoms with E-state index in [2.05, 4.69) is 5.32 Å². The molecule has 0 saturated heterocycles. The molecule has 16 heavy (non-hydrogen) atoms. The third-order valence-corrected chi connectivity index (χ3v) is 3.26. The molecule has 0 aromatic carbocycles. The van der Waals surface area contributed by atoms with E-state index in [1.807, 2.05) is 6.92 Å². The third-order valence-electron chi connectivity index (χ3n) is 3.26. The lowest BCUT2D eigenvalue weighted by molar-refractivity contribution is -0.122. The van der Waals surface area contributed by atoms with Crippen molar-refractivity contribution >= 4 is 18.3 Å². The molecule has 1 saturated carbocycles. The zero-order valence-electron chi connectivity index (χ0n) is 10.2. The van der Waals surface area contributed by atoms with E-state index >= 15 is 0 Å². The Balaban J connectivity index is 0.00000225. The quantitative estimate of drug-likeness (QED) is 0.758. The van der Waals surface area contributed by atoms with Gasteiger partial charge >= 0.3 is 0 Å². The molecular weight excluding hydrogens is 224 g/mol. The molecule has 1 fully saturated rings. The fourth-order valence-electron chi connectivity index (χ4n) is 2.27. The van der Waals surface area contributed by atoms with Crippen molar-refractivity contribution in [3.8, 4) is 0 Å². The Morgan fingerprint density at radius 1 is 1.44 bits per heavy atom. The summed E-state index contributed by atoms with van der Waals surface area (Å²) >= 11 is 0. The molecule has 0 spiro atoms. The van der Waals surface area contributed by atoms with Crippen LogP contribution in [0.5, 0.6) is 0 Å². The molecule has 1 rings (SSSR count). The number of rotatable bonds is 6. The highest BCUT2D eigenvalue weighted by molar-refractivity contribution is 5.85. The van der Waals surface area contributed by atoms with E-state index in [0.29, 0.717) is 0 Å². The summed E-state index contributed by atoms with van der Waals surface area (Å²) in [6.45, 7) is 2.85. The molecule has 1 amide bonds. The first-order chi connectivity index (χ1) is 7.24. The maximum Gasteiger partial charge on any atom is 0.236 e. The van der Waals surface area contributed by atoms with Crippen LogP contribution < -0.4 is 11.1 Å². The van der Waals surface area contributed by atoms with Crippen molar-refractivity contribution in [2.24, 2.45) is 11.7 Å². The van der Waals surface area contributed by atoms with Gasteiger partial charge in [0.1, 0.15) is 0 Å². The van der Waals surface area contributed by atoms with Gasteiger partial charge in [0, 0.05) is 6.54 Å². The van der Waals surface area contributed by atoms with Crippen molar-refractivity contribution in [3.05, 3.63) is 0 Å². The first kappa shape index (κ1) is 15.7. The van der Waals surface area contributed by atoms with Crippen LogP contribution in [0.3, 0.4) is 0 Å². The number of hydrogen-bond donors (Lipinski definition) is 2. The van der Waals surface area contributed by atoms with Crippen molar-refractivity contribution in [1.82, 2.24) is 5.32 Å². The summed E-state index contributed by atoms with van der Waals surface area (Å²) in [7, 11) is 0. The summed E-state index contributed by atoms with van der Waals surface area (Å²) in [5.41, 5.74) is 5.71. The Morgan fingerprint density at radius 3 is 2.62 bits per heavy atom. The third kappa shape index (κ3) is 5.71. The highest BCUT2D eigenvalue weighted by Gasteiger charge is 2.16. The number of nitrogens with two attached hydrogens (primary N) is 1. The number of hydrogen-bond acceptors (Lipinski definition) is 2. The van der Waals surface area contributed by atoms with Crippen molar-refractivity contribution in [3.63, 3.8) is 0 Å². The second-order valence-corrected chi connectivity index (χ2v) is 4.63. The minimum atomic E-state index is -0.307. The van der Waals surface area contributed by atoms with E-state index in [1.165, 1.54) is 25.7 Å². The number of nitrogens with one attached hydrogen (secondary N) is 1. The molecule has 1 atom stereocenters. The van der Waals surface area contributed by atoms with Gasteiger partial charge in [-0.15, -0.1) is 12.4 Å². The van der Waals surface area contributed by atoms with Gasteiger partial charge in [0.05, 0.1) is 6.04 Å². The molecule has 3 nitrogen and oxygen atoms in total. The van der Waals surface area contributed by atoms with E-state index in [1.54, 1.807) is 0 Å². The molecule has 0 heterocycles. The van der Waals surface area contributed by atoms with Crippen molar-refractivity contribution < 1.29 is 4.79 Å². The van der Waals surface area contributed by atoms with E-state index in [9.17, 15) is 4.79 Å². The summed E-state index contributed by atoms with van der Waals surface area (Å²) < 4.78 is 0. The Hall–Kier alpha value is -0.280. The first-order valence-corrected chi connectivity index (χ1v) is 6.27. The smallest absolute Gasteiger partial charge is 0.236 e. The molecule has 1 aliphatic rings. The number of halogens is 1. The predicted molar refractivity (Wildman–Crippen MR) is 69.7 cm³/mol. The molecule has 1 unspecified atom stereocenters. The van der Waals surface area contributed by atoms with Crippen molar-refractivity contribution in [1.29, 1.82) is 0 Å².